The van der Waals surface area contributed by atoms with Gasteiger partial charge < -0.3 is 15.4 Å². The molecule has 3 unspecified atom stereocenters. The number of carbonyl (C=O) groups is 2. The maximum absolute atomic E-state index is 11.6. The molecule has 2 N–H and O–H groups in total. The number of likely N-dealkylation sites (tertiary alicyclic amines) is 1. The van der Waals surface area contributed by atoms with Crippen LogP contribution in [0.4, 0.5) is 0 Å². The lowest BCUT2D eigenvalue weighted by molar-refractivity contribution is -0.142. The summed E-state index contributed by atoms with van der Waals surface area (Å²) in [5.74, 6) is 0.676. The molecule has 1 heterocycles. The largest absolute Gasteiger partial charge is 0.468 e. The topological polar surface area (TPSA) is 72.6 Å². The van der Waals surface area contributed by atoms with Gasteiger partial charge in [-0.2, -0.15) is 0 Å². The van der Waals surface area contributed by atoms with Gasteiger partial charge in [0.25, 0.3) is 0 Å². The van der Waals surface area contributed by atoms with Crippen molar-refractivity contribution in [3.63, 3.8) is 0 Å². The maximum Gasteiger partial charge on any atom is 0.322 e. The van der Waals surface area contributed by atoms with Crippen molar-refractivity contribution in [1.29, 1.82) is 0 Å². The van der Waals surface area contributed by atoms with Crippen LogP contribution in [0.25, 0.3) is 0 Å². The van der Waals surface area contributed by atoms with Gasteiger partial charge in [0.1, 0.15) is 6.04 Å². The summed E-state index contributed by atoms with van der Waals surface area (Å²) in [5, 5.41) is 0. The third-order valence-corrected chi connectivity index (χ3v) is 3.22. The first-order valence-corrected chi connectivity index (χ1v) is 5.25. The van der Waals surface area contributed by atoms with Crippen LogP contribution in [0.1, 0.15) is 12.8 Å². The van der Waals surface area contributed by atoms with E-state index in [9.17, 15) is 9.59 Å². The first kappa shape index (κ1) is 10.4. The van der Waals surface area contributed by atoms with E-state index >= 15 is 0 Å². The number of hydrogen-bond donors (Lipinski definition) is 1. The Hall–Kier alpha value is -1.10. The number of fused-ring (bicyclic) bond motifs is 1. The maximum atomic E-state index is 11.6. The molecule has 1 aliphatic heterocycles. The van der Waals surface area contributed by atoms with Gasteiger partial charge in [0.05, 0.1) is 7.11 Å². The fourth-order valence-corrected chi connectivity index (χ4v) is 2.13. The molecule has 2 fully saturated rings. The quantitative estimate of drug-likeness (QED) is 0.629. The summed E-state index contributed by atoms with van der Waals surface area (Å²) in [7, 11) is 1.32. The molecular formula is C10H16N2O3. The fourth-order valence-electron chi connectivity index (χ4n) is 2.13. The molecule has 2 rings (SSSR count). The summed E-state index contributed by atoms with van der Waals surface area (Å²) < 4.78 is 4.52. The Morgan fingerprint density at radius 3 is 3.00 bits per heavy atom. The molecule has 5 nitrogen and oxygen atoms in total. The summed E-state index contributed by atoms with van der Waals surface area (Å²) >= 11 is 0. The highest BCUT2D eigenvalue weighted by Crippen LogP contribution is 2.45. The molecule has 1 amide bonds. The Balaban J connectivity index is 1.74. The third-order valence-electron chi connectivity index (χ3n) is 3.22. The van der Waals surface area contributed by atoms with Gasteiger partial charge >= 0.3 is 5.97 Å². The Morgan fingerprint density at radius 2 is 2.47 bits per heavy atom. The van der Waals surface area contributed by atoms with Crippen molar-refractivity contribution in [2.45, 2.75) is 18.9 Å². The van der Waals surface area contributed by atoms with Crippen molar-refractivity contribution in [2.75, 3.05) is 20.2 Å². The number of ether oxygens (including phenoxy) is 1. The Kier molecular flexibility index (Phi) is 2.65. The van der Waals surface area contributed by atoms with Crippen molar-refractivity contribution in [3.8, 4) is 0 Å². The molecule has 84 valence electrons. The highest BCUT2D eigenvalue weighted by Gasteiger charge is 2.51. The van der Waals surface area contributed by atoms with Gasteiger partial charge in [0.15, 0.2) is 0 Å². The third kappa shape index (κ3) is 1.97. The van der Waals surface area contributed by atoms with Crippen molar-refractivity contribution >= 4 is 11.9 Å². The van der Waals surface area contributed by atoms with Crippen LogP contribution in [0.2, 0.25) is 0 Å². The normalized spacial score (nSPS) is 30.0. The molecule has 0 spiro atoms. The van der Waals surface area contributed by atoms with E-state index in [-0.39, 0.29) is 11.8 Å². The van der Waals surface area contributed by atoms with Gasteiger partial charge in [0.2, 0.25) is 5.91 Å². The van der Waals surface area contributed by atoms with Gasteiger partial charge in [-0.3, -0.25) is 9.59 Å². The standard InChI is InChI=1S/C10H16N2O3/c1-15-10(14)8(11)2-3-12-5-6-4-7(6)9(12)13/h6-8H,2-5,11H2,1H3. The van der Waals surface area contributed by atoms with Crippen LogP contribution in [-0.2, 0) is 14.3 Å². The second kappa shape index (κ2) is 3.81. The molecule has 2 aliphatic rings. The number of piperidine rings is 1. The lowest BCUT2D eigenvalue weighted by Crippen LogP contribution is -2.37. The average molecular weight is 212 g/mol. The molecule has 0 aromatic rings. The highest BCUT2D eigenvalue weighted by atomic mass is 16.5. The molecular weight excluding hydrogens is 196 g/mol. The summed E-state index contributed by atoms with van der Waals surface area (Å²) in [6.07, 6.45) is 1.54. The van der Waals surface area contributed by atoms with E-state index in [0.29, 0.717) is 18.9 Å². The minimum absolute atomic E-state index is 0.233. The average Bonchev–Trinajstić information content (AvgIpc) is 2.94. The minimum atomic E-state index is -0.611. The Morgan fingerprint density at radius 1 is 1.73 bits per heavy atom. The minimum Gasteiger partial charge on any atom is -0.468 e. The van der Waals surface area contributed by atoms with Gasteiger partial charge in [-0.1, -0.05) is 0 Å². The summed E-state index contributed by atoms with van der Waals surface area (Å²) in [5.41, 5.74) is 5.58. The van der Waals surface area contributed by atoms with E-state index in [4.69, 9.17) is 5.73 Å². The molecule has 1 aliphatic carbocycles. The van der Waals surface area contributed by atoms with Crippen LogP contribution in [0, 0.1) is 11.8 Å². The zero-order valence-corrected chi connectivity index (χ0v) is 8.81. The number of nitrogens with zero attached hydrogens (tertiary/aromatic N) is 1. The van der Waals surface area contributed by atoms with Crippen LogP contribution in [0.3, 0.4) is 0 Å². The predicted molar refractivity (Wildman–Crippen MR) is 52.8 cm³/mol. The summed E-state index contributed by atoms with van der Waals surface area (Å²) in [4.78, 5) is 24.4. The molecule has 0 aromatic heterocycles. The van der Waals surface area contributed by atoms with Gasteiger partial charge in [-0.25, -0.2) is 0 Å². The summed E-state index contributed by atoms with van der Waals surface area (Å²) in [6, 6.07) is -0.611. The van der Waals surface area contributed by atoms with Gasteiger partial charge in [0, 0.05) is 19.0 Å². The molecule has 0 aromatic carbocycles. The molecule has 1 saturated carbocycles. The lowest BCUT2D eigenvalue weighted by Gasteiger charge is -2.19. The molecule has 3 atom stereocenters. The number of amides is 1. The fraction of sp³-hybridized carbons (Fsp3) is 0.800. The van der Waals surface area contributed by atoms with Gasteiger partial charge in [-0.15, -0.1) is 0 Å². The van der Waals surface area contributed by atoms with E-state index < -0.39 is 12.0 Å². The molecule has 15 heavy (non-hydrogen) atoms. The van der Waals surface area contributed by atoms with E-state index in [2.05, 4.69) is 4.74 Å². The van der Waals surface area contributed by atoms with Crippen molar-refractivity contribution in [3.05, 3.63) is 0 Å². The molecule has 1 saturated heterocycles. The zero-order chi connectivity index (χ0) is 11.0. The molecule has 0 bridgehead atoms. The number of hydrogen-bond acceptors (Lipinski definition) is 4. The first-order chi connectivity index (χ1) is 7.13. The van der Waals surface area contributed by atoms with E-state index in [1.807, 2.05) is 4.90 Å². The lowest BCUT2D eigenvalue weighted by atomic mass is 10.2. The monoisotopic (exact) mass is 212 g/mol. The van der Waals surface area contributed by atoms with Crippen LogP contribution >= 0.6 is 0 Å². The van der Waals surface area contributed by atoms with E-state index in [0.717, 1.165) is 13.0 Å². The van der Waals surface area contributed by atoms with E-state index in [1.165, 1.54) is 7.11 Å². The van der Waals surface area contributed by atoms with Crippen LogP contribution in [0.5, 0.6) is 0 Å². The number of esters is 1. The van der Waals surface area contributed by atoms with Crippen molar-refractivity contribution < 1.29 is 14.3 Å². The molecule has 5 heteroatoms. The predicted octanol–water partition coefficient (Wildman–Crippen LogP) is -0.645. The summed E-state index contributed by atoms with van der Waals surface area (Å²) in [6.45, 7) is 1.42. The SMILES string of the molecule is COC(=O)C(N)CCN1CC2CC2C1=O. The highest BCUT2D eigenvalue weighted by molar-refractivity contribution is 5.84. The number of carbonyl (C=O) groups excluding carboxylic acids is 2. The van der Waals surface area contributed by atoms with Crippen LogP contribution < -0.4 is 5.73 Å². The number of nitrogens with two attached hydrogens (primary N) is 1. The van der Waals surface area contributed by atoms with E-state index in [1.54, 1.807) is 0 Å². The molecule has 0 radical (unpaired) electrons. The number of methoxy groups -OCH3 is 1. The second-order valence-corrected chi connectivity index (χ2v) is 4.30. The smallest absolute Gasteiger partial charge is 0.322 e. The van der Waals surface area contributed by atoms with Crippen LogP contribution in [0.15, 0.2) is 0 Å². The zero-order valence-electron chi connectivity index (χ0n) is 8.81. The van der Waals surface area contributed by atoms with Crippen molar-refractivity contribution in [2.24, 2.45) is 17.6 Å². The first-order valence-electron chi connectivity index (χ1n) is 5.25. The van der Waals surface area contributed by atoms with Gasteiger partial charge in [-0.05, 0) is 18.8 Å². The Bertz CT molecular complexity index is 292. The Labute approximate surface area is 88.5 Å². The number of rotatable bonds is 4. The van der Waals surface area contributed by atoms with Crippen molar-refractivity contribution in [1.82, 2.24) is 4.90 Å². The van der Waals surface area contributed by atoms with Crippen LogP contribution in [-0.4, -0.2) is 43.0 Å². The second-order valence-electron chi connectivity index (χ2n) is 4.30.